The summed E-state index contributed by atoms with van der Waals surface area (Å²) in [5, 5.41) is 6.68. The molecule has 1 aliphatic rings. The number of thiophene rings is 1. The highest BCUT2D eigenvalue weighted by Crippen LogP contribution is 2.30. The highest BCUT2D eigenvalue weighted by Gasteiger charge is 2.32. The second-order valence-electron chi connectivity index (χ2n) is 5.32. The largest absolute Gasteiger partial charge is 0.282 e. The van der Waals surface area contributed by atoms with Gasteiger partial charge in [0.2, 0.25) is 0 Å². The van der Waals surface area contributed by atoms with Crippen molar-refractivity contribution in [1.82, 2.24) is 5.01 Å². The Bertz CT molecular complexity index is 937. The Morgan fingerprint density at radius 2 is 1.61 bits per heavy atom. The normalized spacial score (nSPS) is 14.2. The summed E-state index contributed by atoms with van der Waals surface area (Å²) in [6.45, 7) is 2.00. The Balaban J connectivity index is 1.81. The number of hydrogen-bond donors (Lipinski definition) is 0. The molecular weight excluding hydrogens is 308 g/mol. The zero-order valence-electron chi connectivity index (χ0n) is 12.3. The molecule has 4 rings (SSSR count). The quantitative estimate of drug-likeness (QED) is 0.532. The lowest BCUT2D eigenvalue weighted by Gasteiger charge is -2.22. The van der Waals surface area contributed by atoms with Crippen LogP contribution in [0.2, 0.25) is 0 Å². The number of rotatable bonds is 2. The highest BCUT2D eigenvalue weighted by molar-refractivity contribution is 7.13. The Morgan fingerprint density at radius 3 is 2.17 bits per heavy atom. The number of aryl methyl sites for hydroxylation is 1. The summed E-state index contributed by atoms with van der Waals surface area (Å²) in [5.74, 6) is -0.771. The van der Waals surface area contributed by atoms with Crippen LogP contribution in [0.3, 0.4) is 0 Å². The van der Waals surface area contributed by atoms with Crippen LogP contribution < -0.4 is 0 Å². The lowest BCUT2D eigenvalue weighted by atomic mass is 9.95. The predicted molar refractivity (Wildman–Crippen MR) is 91.1 cm³/mol. The van der Waals surface area contributed by atoms with Gasteiger partial charge < -0.3 is 0 Å². The van der Waals surface area contributed by atoms with Crippen molar-refractivity contribution < 1.29 is 9.59 Å². The zero-order chi connectivity index (χ0) is 16.0. The van der Waals surface area contributed by atoms with Crippen LogP contribution in [0.5, 0.6) is 0 Å². The first kappa shape index (κ1) is 13.8. The molecule has 5 heteroatoms. The van der Waals surface area contributed by atoms with Crippen LogP contribution >= 0.6 is 11.3 Å². The third-order valence-electron chi connectivity index (χ3n) is 3.81. The number of carbonyl (C=O) groups is 2. The van der Waals surface area contributed by atoms with Gasteiger partial charge in [-0.05, 0) is 36.6 Å². The second-order valence-corrected chi connectivity index (χ2v) is 6.64. The average Bonchev–Trinajstić information content (AvgIpc) is 2.98. The van der Waals surface area contributed by atoms with E-state index in [4.69, 9.17) is 0 Å². The van der Waals surface area contributed by atoms with Crippen LogP contribution in [-0.4, -0.2) is 23.0 Å². The van der Waals surface area contributed by atoms with E-state index in [9.17, 15) is 9.59 Å². The number of imide groups is 1. The summed E-state index contributed by atoms with van der Waals surface area (Å²) < 4.78 is 0. The molecule has 0 saturated heterocycles. The summed E-state index contributed by atoms with van der Waals surface area (Å²) in [6, 6.07) is 14.8. The number of hydrazone groups is 1. The molecule has 0 fully saturated rings. The van der Waals surface area contributed by atoms with E-state index < -0.39 is 0 Å². The molecule has 0 spiro atoms. The fourth-order valence-corrected chi connectivity index (χ4v) is 3.50. The minimum absolute atomic E-state index is 0.385. The molecular formula is C18H12N2O2S. The molecule has 0 aliphatic carbocycles. The molecule has 0 radical (unpaired) electrons. The molecule has 0 bridgehead atoms. The summed E-state index contributed by atoms with van der Waals surface area (Å²) in [5.41, 5.74) is 1.02. The third-order valence-corrected chi connectivity index (χ3v) is 4.75. The zero-order valence-corrected chi connectivity index (χ0v) is 13.1. The Hall–Kier alpha value is -2.79. The molecule has 112 valence electrons. The molecule has 0 saturated carbocycles. The molecule has 1 aromatic heterocycles. The van der Waals surface area contributed by atoms with E-state index in [1.165, 1.54) is 0 Å². The van der Waals surface area contributed by atoms with E-state index >= 15 is 0 Å². The number of amides is 2. The first-order chi connectivity index (χ1) is 11.1. The lowest BCUT2D eigenvalue weighted by molar-refractivity contribution is 0.0616. The van der Waals surface area contributed by atoms with Crippen LogP contribution in [0.4, 0.5) is 0 Å². The molecule has 2 amide bonds. The fourth-order valence-electron chi connectivity index (χ4n) is 2.76. The van der Waals surface area contributed by atoms with Crippen LogP contribution in [0.15, 0.2) is 53.6 Å². The maximum absolute atomic E-state index is 12.6. The number of carbonyl (C=O) groups excluding carboxylic acids is 2. The molecule has 2 aromatic carbocycles. The summed E-state index contributed by atoms with van der Waals surface area (Å²) in [6.07, 6.45) is 1.56. The highest BCUT2D eigenvalue weighted by atomic mass is 32.1. The van der Waals surface area contributed by atoms with Gasteiger partial charge >= 0.3 is 0 Å². The van der Waals surface area contributed by atoms with E-state index in [2.05, 4.69) is 5.10 Å². The Kier molecular flexibility index (Phi) is 3.09. The molecule has 0 N–H and O–H groups in total. The van der Waals surface area contributed by atoms with Gasteiger partial charge in [0, 0.05) is 15.1 Å². The molecule has 0 atom stereocenters. The van der Waals surface area contributed by atoms with Gasteiger partial charge in [0.05, 0.1) is 17.3 Å². The predicted octanol–water partition coefficient (Wildman–Crippen LogP) is 3.84. The van der Waals surface area contributed by atoms with Crippen molar-refractivity contribution in [2.75, 3.05) is 0 Å². The Labute approximate surface area is 136 Å². The summed E-state index contributed by atoms with van der Waals surface area (Å²) in [7, 11) is 0. The standard InChI is InChI=1S/C18H12N2O2S/c1-11-8-9-13(23-11)10-19-20-17(21)14-6-2-4-12-5-3-7-15(16(12)14)18(20)22/h2-10H,1H3/b19-10-. The van der Waals surface area contributed by atoms with Gasteiger partial charge in [-0.1, -0.05) is 24.3 Å². The van der Waals surface area contributed by atoms with Crippen molar-refractivity contribution in [3.8, 4) is 0 Å². The van der Waals surface area contributed by atoms with Crippen molar-refractivity contribution in [2.24, 2.45) is 5.10 Å². The van der Waals surface area contributed by atoms with Gasteiger partial charge in [-0.15, -0.1) is 11.3 Å². The van der Waals surface area contributed by atoms with Crippen molar-refractivity contribution in [1.29, 1.82) is 0 Å². The maximum atomic E-state index is 12.6. The van der Waals surface area contributed by atoms with Crippen LogP contribution in [-0.2, 0) is 0 Å². The second kappa shape index (κ2) is 5.14. The third kappa shape index (κ3) is 2.17. The minimum atomic E-state index is -0.385. The topological polar surface area (TPSA) is 49.7 Å². The lowest BCUT2D eigenvalue weighted by Crippen LogP contribution is -2.36. The van der Waals surface area contributed by atoms with Gasteiger partial charge in [-0.25, -0.2) is 0 Å². The molecule has 3 aromatic rings. The number of nitrogens with zero attached hydrogens (tertiary/aromatic N) is 2. The first-order valence-corrected chi connectivity index (χ1v) is 7.98. The van der Waals surface area contributed by atoms with Crippen molar-refractivity contribution in [3.63, 3.8) is 0 Å². The van der Waals surface area contributed by atoms with Crippen molar-refractivity contribution in [2.45, 2.75) is 6.92 Å². The minimum Gasteiger partial charge on any atom is -0.267 e. The molecule has 0 unspecified atom stereocenters. The van der Waals surface area contributed by atoms with Crippen LogP contribution in [0.1, 0.15) is 30.5 Å². The Morgan fingerprint density at radius 1 is 0.957 bits per heavy atom. The van der Waals surface area contributed by atoms with Gasteiger partial charge in [0.1, 0.15) is 0 Å². The fraction of sp³-hybridized carbons (Fsp3) is 0.0556. The smallest absolute Gasteiger partial charge is 0.267 e. The van der Waals surface area contributed by atoms with Gasteiger partial charge in [0.25, 0.3) is 11.8 Å². The van der Waals surface area contributed by atoms with Crippen molar-refractivity contribution in [3.05, 3.63) is 69.4 Å². The molecule has 23 heavy (non-hydrogen) atoms. The van der Waals surface area contributed by atoms with Gasteiger partial charge in [0.15, 0.2) is 0 Å². The number of benzene rings is 2. The average molecular weight is 320 g/mol. The summed E-state index contributed by atoms with van der Waals surface area (Å²) >= 11 is 1.56. The number of hydrogen-bond acceptors (Lipinski definition) is 4. The van der Waals surface area contributed by atoms with Crippen LogP contribution in [0, 0.1) is 6.92 Å². The molecule has 4 nitrogen and oxygen atoms in total. The molecule has 2 heterocycles. The van der Waals surface area contributed by atoms with Gasteiger partial charge in [-0.2, -0.15) is 10.1 Å². The van der Waals surface area contributed by atoms with E-state index in [1.807, 2.05) is 43.3 Å². The monoisotopic (exact) mass is 320 g/mol. The van der Waals surface area contributed by atoms with Gasteiger partial charge in [-0.3, -0.25) is 9.59 Å². The van der Waals surface area contributed by atoms with E-state index in [-0.39, 0.29) is 11.8 Å². The SMILES string of the molecule is Cc1ccc(/C=N\N2C(=O)c3cccc4cccc(c34)C2=O)s1. The molecule has 1 aliphatic heterocycles. The summed E-state index contributed by atoms with van der Waals surface area (Å²) in [4.78, 5) is 27.3. The maximum Gasteiger partial charge on any atom is 0.282 e. The first-order valence-electron chi connectivity index (χ1n) is 7.16. The van der Waals surface area contributed by atoms with E-state index in [0.717, 1.165) is 20.1 Å². The van der Waals surface area contributed by atoms with Crippen molar-refractivity contribution >= 4 is 40.1 Å². The van der Waals surface area contributed by atoms with E-state index in [1.54, 1.807) is 29.7 Å². The van der Waals surface area contributed by atoms with E-state index in [0.29, 0.717) is 16.5 Å². The van der Waals surface area contributed by atoms with Crippen LogP contribution in [0.25, 0.3) is 10.8 Å².